The first kappa shape index (κ1) is 31.1. The minimum absolute atomic E-state index is 0.00337. The summed E-state index contributed by atoms with van der Waals surface area (Å²) in [5.41, 5.74) is 8.79. The van der Waals surface area contributed by atoms with E-state index in [1.165, 1.54) is 0 Å². The zero-order valence-corrected chi connectivity index (χ0v) is 25.8. The number of methoxy groups -OCH3 is 1. The number of thiophene rings is 1. The summed E-state index contributed by atoms with van der Waals surface area (Å²) in [6, 6.07) is 15.7. The second-order valence-electron chi connectivity index (χ2n) is 11.3. The van der Waals surface area contributed by atoms with Crippen LogP contribution in [0.3, 0.4) is 0 Å². The highest BCUT2D eigenvalue weighted by Gasteiger charge is 2.31. The molecule has 4 aromatic rings. The number of carbonyl (C=O) groups excluding carboxylic acids is 2. The van der Waals surface area contributed by atoms with Gasteiger partial charge in [-0.05, 0) is 110 Å². The highest BCUT2D eigenvalue weighted by Crippen LogP contribution is 2.42. The summed E-state index contributed by atoms with van der Waals surface area (Å²) in [5.74, 6) is -0.704. The van der Waals surface area contributed by atoms with Crippen LogP contribution in [0.2, 0.25) is 5.02 Å². The molecule has 1 heterocycles. The van der Waals surface area contributed by atoms with Gasteiger partial charge < -0.3 is 15.8 Å². The van der Waals surface area contributed by atoms with Crippen molar-refractivity contribution < 1.29 is 23.1 Å². The van der Waals surface area contributed by atoms with Crippen molar-refractivity contribution in [2.75, 3.05) is 14.2 Å². The lowest BCUT2D eigenvalue weighted by atomic mass is 9.74. The number of hydrogen-bond donors (Lipinski definition) is 2. The van der Waals surface area contributed by atoms with Gasteiger partial charge >= 0.3 is 0 Å². The Bertz CT molecular complexity index is 1630. The largest absolute Gasteiger partial charge is 0.496 e. The lowest BCUT2D eigenvalue weighted by Gasteiger charge is -2.34. The number of amides is 1. The van der Waals surface area contributed by atoms with Gasteiger partial charge in [0.1, 0.15) is 17.4 Å². The quantitative estimate of drug-likeness (QED) is 0.165. The molecule has 1 aromatic heterocycles. The minimum Gasteiger partial charge on any atom is -0.496 e. The van der Waals surface area contributed by atoms with Crippen LogP contribution in [0.4, 0.5) is 8.78 Å². The molecular weight excluding hydrogens is 590 g/mol. The number of halogens is 3. The van der Waals surface area contributed by atoms with Crippen LogP contribution < -0.4 is 15.8 Å². The van der Waals surface area contributed by atoms with Crippen molar-refractivity contribution in [3.05, 3.63) is 87.3 Å². The summed E-state index contributed by atoms with van der Waals surface area (Å²) in [6.45, 7) is 0. The van der Waals surface area contributed by atoms with Gasteiger partial charge in [-0.1, -0.05) is 29.8 Å². The van der Waals surface area contributed by atoms with Crippen molar-refractivity contribution >= 4 is 44.7 Å². The molecule has 0 aliphatic heterocycles. The van der Waals surface area contributed by atoms with E-state index in [-0.39, 0.29) is 38.1 Å². The Kier molecular flexibility index (Phi) is 9.79. The average Bonchev–Trinajstić information content (AvgIpc) is 3.39. The predicted molar refractivity (Wildman–Crippen MR) is 169 cm³/mol. The highest BCUT2D eigenvalue weighted by atomic mass is 35.5. The van der Waals surface area contributed by atoms with E-state index in [1.54, 1.807) is 19.2 Å². The topological polar surface area (TPSA) is 81.4 Å². The monoisotopic (exact) mass is 624 g/mol. The Labute approximate surface area is 259 Å². The average molecular weight is 625 g/mol. The fourth-order valence-corrected chi connectivity index (χ4v) is 7.84. The molecule has 0 bridgehead atoms. The standard InChI is InChI=1S/C34H35ClF2N2O3S/c1-39-25-12-9-20(10-13-25)23(18-28(40)33-31(35)30-26(36)14-15-27(37)32(30)43-33)7-8-24-17-22(11-16-29(24)42-2)19-3-5-21(6-4-19)34(38)41/h3-6,11,14-17,20,23,25,39H,7-10,12-13,18H2,1-2H3,(H2,38,41)/t20?,23-,25?/m1/s1. The Morgan fingerprint density at radius 1 is 1.02 bits per heavy atom. The first-order valence-electron chi connectivity index (χ1n) is 14.5. The molecule has 0 radical (unpaired) electrons. The molecule has 1 amide bonds. The number of primary amides is 1. The Morgan fingerprint density at radius 3 is 2.33 bits per heavy atom. The number of carbonyl (C=O) groups is 2. The van der Waals surface area contributed by atoms with Crippen LogP contribution in [0.5, 0.6) is 5.75 Å². The van der Waals surface area contributed by atoms with Crippen molar-refractivity contribution in [3.8, 4) is 16.9 Å². The molecule has 0 spiro atoms. The molecular formula is C34H35ClF2N2O3S. The molecule has 3 aromatic carbocycles. The smallest absolute Gasteiger partial charge is 0.248 e. The Balaban J connectivity index is 1.40. The van der Waals surface area contributed by atoms with E-state index in [9.17, 15) is 18.4 Å². The molecule has 1 aliphatic carbocycles. The fourth-order valence-electron chi connectivity index (χ4n) is 6.31. The maximum atomic E-state index is 14.5. The molecule has 226 valence electrons. The lowest BCUT2D eigenvalue weighted by Crippen LogP contribution is -2.33. The number of Topliss-reactive ketones (excluding diaryl/α,β-unsaturated/α-hetero) is 1. The maximum absolute atomic E-state index is 14.5. The first-order chi connectivity index (χ1) is 20.7. The number of ketones is 1. The van der Waals surface area contributed by atoms with Crippen molar-refractivity contribution in [2.24, 2.45) is 17.6 Å². The fraction of sp³-hybridized carbons (Fsp3) is 0.353. The van der Waals surface area contributed by atoms with Crippen LogP contribution in [0.25, 0.3) is 21.2 Å². The minimum atomic E-state index is -0.630. The molecule has 9 heteroatoms. The van der Waals surface area contributed by atoms with Gasteiger partial charge in [-0.3, -0.25) is 9.59 Å². The third kappa shape index (κ3) is 6.77. The SMILES string of the molecule is CNC1CCC([C@H](CCc2cc(-c3ccc(C(N)=O)cc3)ccc2OC)CC(=O)c2sc3c(F)ccc(F)c3c2Cl)CC1. The summed E-state index contributed by atoms with van der Waals surface area (Å²) in [4.78, 5) is 25.4. The molecule has 3 N–H and O–H groups in total. The number of aryl methyl sites for hydroxylation is 1. The van der Waals surface area contributed by atoms with E-state index in [1.807, 2.05) is 31.3 Å². The van der Waals surface area contributed by atoms with Gasteiger partial charge in [0.05, 0.1) is 27.1 Å². The molecule has 1 fully saturated rings. The number of fused-ring (bicyclic) bond motifs is 1. The van der Waals surface area contributed by atoms with E-state index in [2.05, 4.69) is 11.4 Å². The summed E-state index contributed by atoms with van der Waals surface area (Å²) in [6.07, 6.45) is 5.74. The zero-order chi connectivity index (χ0) is 30.7. The van der Waals surface area contributed by atoms with Gasteiger partial charge in [0.15, 0.2) is 5.78 Å². The first-order valence-corrected chi connectivity index (χ1v) is 15.7. The van der Waals surface area contributed by atoms with Gasteiger partial charge in [-0.15, -0.1) is 11.3 Å². The van der Waals surface area contributed by atoms with Crippen LogP contribution in [0.15, 0.2) is 54.6 Å². The van der Waals surface area contributed by atoms with Crippen LogP contribution in [0.1, 0.15) is 64.1 Å². The van der Waals surface area contributed by atoms with Crippen LogP contribution in [0, 0.1) is 23.5 Å². The number of rotatable bonds is 11. The van der Waals surface area contributed by atoms with Gasteiger partial charge in [0.25, 0.3) is 0 Å². The normalized spacial score (nSPS) is 17.6. The Hall–Kier alpha value is -3.33. The summed E-state index contributed by atoms with van der Waals surface area (Å²) in [7, 11) is 3.62. The number of ether oxygens (including phenoxy) is 1. The number of nitrogens with one attached hydrogen (secondary N) is 1. The van der Waals surface area contributed by atoms with Crippen molar-refractivity contribution in [2.45, 2.75) is 51.0 Å². The van der Waals surface area contributed by atoms with Gasteiger partial charge in [-0.25, -0.2) is 8.78 Å². The summed E-state index contributed by atoms with van der Waals surface area (Å²) < 4.78 is 34.8. The van der Waals surface area contributed by atoms with E-state index in [0.29, 0.717) is 23.9 Å². The van der Waals surface area contributed by atoms with Gasteiger partial charge in [0, 0.05) is 18.0 Å². The van der Waals surface area contributed by atoms with E-state index < -0.39 is 17.5 Å². The molecule has 0 saturated heterocycles. The van der Waals surface area contributed by atoms with E-state index in [4.69, 9.17) is 22.1 Å². The van der Waals surface area contributed by atoms with E-state index in [0.717, 1.165) is 78.0 Å². The van der Waals surface area contributed by atoms with Crippen molar-refractivity contribution in [3.63, 3.8) is 0 Å². The third-order valence-corrected chi connectivity index (χ3v) is 10.5. The molecule has 1 aliphatic rings. The zero-order valence-electron chi connectivity index (χ0n) is 24.2. The van der Waals surface area contributed by atoms with Gasteiger partial charge in [-0.2, -0.15) is 0 Å². The molecule has 0 unspecified atom stereocenters. The maximum Gasteiger partial charge on any atom is 0.248 e. The van der Waals surface area contributed by atoms with Crippen LogP contribution >= 0.6 is 22.9 Å². The number of benzene rings is 3. The molecule has 5 nitrogen and oxygen atoms in total. The van der Waals surface area contributed by atoms with Crippen LogP contribution in [-0.4, -0.2) is 31.9 Å². The third-order valence-electron chi connectivity index (χ3n) is 8.80. The van der Waals surface area contributed by atoms with Crippen LogP contribution in [-0.2, 0) is 6.42 Å². The van der Waals surface area contributed by atoms with E-state index >= 15 is 0 Å². The highest BCUT2D eigenvalue weighted by molar-refractivity contribution is 7.21. The van der Waals surface area contributed by atoms with Crippen molar-refractivity contribution in [1.29, 1.82) is 0 Å². The summed E-state index contributed by atoms with van der Waals surface area (Å²) in [5, 5.41) is 3.35. The molecule has 5 rings (SSSR count). The van der Waals surface area contributed by atoms with Gasteiger partial charge in [0.2, 0.25) is 5.91 Å². The molecule has 1 atom stereocenters. The second-order valence-corrected chi connectivity index (χ2v) is 12.7. The number of nitrogens with two attached hydrogens (primary N) is 1. The lowest BCUT2D eigenvalue weighted by molar-refractivity contribution is 0.0924. The molecule has 1 saturated carbocycles. The molecule has 43 heavy (non-hydrogen) atoms. The van der Waals surface area contributed by atoms with Crippen molar-refractivity contribution in [1.82, 2.24) is 5.32 Å². The summed E-state index contributed by atoms with van der Waals surface area (Å²) >= 11 is 7.42. The second kappa shape index (κ2) is 13.5. The predicted octanol–water partition coefficient (Wildman–Crippen LogP) is 8.21. The Morgan fingerprint density at radius 2 is 1.70 bits per heavy atom. The number of hydrogen-bond acceptors (Lipinski definition) is 5.